The van der Waals surface area contributed by atoms with Crippen LogP contribution in [0.4, 0.5) is 5.69 Å². The first-order valence-corrected chi connectivity index (χ1v) is 9.44. The van der Waals surface area contributed by atoms with Gasteiger partial charge in [-0.2, -0.15) is 0 Å². The number of imidazole rings is 1. The number of aromatic nitrogens is 2. The third kappa shape index (κ3) is 3.64. The maximum Gasteiger partial charge on any atom is 0.237 e. The van der Waals surface area contributed by atoms with Gasteiger partial charge >= 0.3 is 0 Å². The van der Waals surface area contributed by atoms with E-state index in [1.165, 1.54) is 11.8 Å². The van der Waals surface area contributed by atoms with Crippen molar-refractivity contribution < 1.29 is 14.3 Å². The Morgan fingerprint density at radius 1 is 1.19 bits per heavy atom. The number of nitrogens with one attached hydrogen (secondary N) is 1. The van der Waals surface area contributed by atoms with Gasteiger partial charge < -0.3 is 19.4 Å². The predicted octanol–water partition coefficient (Wildman–Crippen LogP) is 3.94. The average molecular weight is 381 g/mol. The lowest BCUT2D eigenvalue weighted by Gasteiger charge is -2.12. The third-order valence-electron chi connectivity index (χ3n) is 4.31. The normalized spacial score (nSPS) is 13.4. The molecule has 2 heterocycles. The summed E-state index contributed by atoms with van der Waals surface area (Å²) in [5.74, 6) is 1.24. The molecule has 2 aromatic carbocycles. The van der Waals surface area contributed by atoms with E-state index in [2.05, 4.69) is 10.3 Å². The monoisotopic (exact) mass is 381 g/mol. The molecule has 1 atom stereocenters. The van der Waals surface area contributed by atoms with Crippen LogP contribution < -0.4 is 14.8 Å². The molecule has 0 unspecified atom stereocenters. The van der Waals surface area contributed by atoms with Crippen molar-refractivity contribution in [3.05, 3.63) is 54.7 Å². The molecule has 1 aliphatic rings. The van der Waals surface area contributed by atoms with Crippen LogP contribution >= 0.6 is 11.8 Å². The third-order valence-corrected chi connectivity index (χ3v) is 5.46. The Morgan fingerprint density at radius 2 is 1.96 bits per heavy atom. The van der Waals surface area contributed by atoms with Crippen LogP contribution in [0.1, 0.15) is 6.92 Å². The van der Waals surface area contributed by atoms with Gasteiger partial charge in [-0.1, -0.05) is 42.1 Å². The van der Waals surface area contributed by atoms with Crippen LogP contribution in [0.2, 0.25) is 0 Å². The quantitative estimate of drug-likeness (QED) is 0.678. The van der Waals surface area contributed by atoms with Gasteiger partial charge in [0, 0.05) is 18.8 Å². The minimum Gasteiger partial charge on any atom is -0.454 e. The molecule has 27 heavy (non-hydrogen) atoms. The summed E-state index contributed by atoms with van der Waals surface area (Å²) in [5, 5.41) is 3.41. The number of fused-ring (bicyclic) bond motifs is 1. The molecule has 7 heteroatoms. The van der Waals surface area contributed by atoms with Crippen LogP contribution in [0.15, 0.2) is 59.9 Å². The van der Waals surface area contributed by atoms with Gasteiger partial charge in [0.15, 0.2) is 16.7 Å². The highest BCUT2D eigenvalue weighted by molar-refractivity contribution is 8.00. The van der Waals surface area contributed by atoms with Crippen molar-refractivity contribution in [2.75, 3.05) is 12.1 Å². The number of hydrogen-bond acceptors (Lipinski definition) is 5. The molecule has 0 saturated carbocycles. The smallest absolute Gasteiger partial charge is 0.237 e. The second kappa shape index (κ2) is 7.36. The van der Waals surface area contributed by atoms with Crippen LogP contribution in [-0.4, -0.2) is 27.5 Å². The molecular weight excluding hydrogens is 362 g/mol. The van der Waals surface area contributed by atoms with Gasteiger partial charge in [0.2, 0.25) is 12.7 Å². The summed E-state index contributed by atoms with van der Waals surface area (Å²) >= 11 is 1.42. The fourth-order valence-electron chi connectivity index (χ4n) is 2.81. The lowest BCUT2D eigenvalue weighted by molar-refractivity contribution is -0.115. The standard InChI is InChI=1S/C20H19N3O3S/c1-13(19(24)22-15-8-9-17-18(10-15)26-12-25-17)27-20-21-11-16(23(20)2)14-6-4-3-5-7-14/h3-11,13H,12H2,1-2H3,(H,22,24)/t13-/m0/s1. The first kappa shape index (κ1) is 17.5. The van der Waals surface area contributed by atoms with Crippen LogP contribution in [-0.2, 0) is 11.8 Å². The van der Waals surface area contributed by atoms with Crippen LogP contribution in [0.25, 0.3) is 11.3 Å². The average Bonchev–Trinajstić information content (AvgIpc) is 3.29. The van der Waals surface area contributed by atoms with E-state index < -0.39 is 0 Å². The molecule has 0 fully saturated rings. The summed E-state index contributed by atoms with van der Waals surface area (Å²) < 4.78 is 12.6. The predicted molar refractivity (Wildman–Crippen MR) is 105 cm³/mol. The SMILES string of the molecule is C[C@H](Sc1ncc(-c2ccccc2)n1C)C(=O)Nc1ccc2c(c1)OCO2. The molecule has 1 aliphatic heterocycles. The maximum atomic E-state index is 12.6. The molecule has 4 rings (SSSR count). The van der Waals surface area contributed by atoms with Gasteiger partial charge in [0.05, 0.1) is 17.1 Å². The Hall–Kier alpha value is -2.93. The fourth-order valence-corrected chi connectivity index (χ4v) is 3.66. The van der Waals surface area contributed by atoms with Crippen molar-refractivity contribution in [2.45, 2.75) is 17.3 Å². The first-order chi connectivity index (χ1) is 13.1. The summed E-state index contributed by atoms with van der Waals surface area (Å²) in [7, 11) is 1.96. The second-order valence-electron chi connectivity index (χ2n) is 6.17. The Bertz CT molecular complexity index is 972. The lowest BCUT2D eigenvalue weighted by Crippen LogP contribution is -2.22. The van der Waals surface area contributed by atoms with E-state index in [-0.39, 0.29) is 18.0 Å². The summed E-state index contributed by atoms with van der Waals surface area (Å²) in [4.78, 5) is 17.0. The summed E-state index contributed by atoms with van der Waals surface area (Å²) in [6, 6.07) is 15.4. The first-order valence-electron chi connectivity index (χ1n) is 8.56. The zero-order valence-corrected chi connectivity index (χ0v) is 15.8. The van der Waals surface area contributed by atoms with E-state index >= 15 is 0 Å². The Labute approximate surface area is 161 Å². The minimum atomic E-state index is -0.305. The molecule has 1 N–H and O–H groups in total. The molecule has 3 aromatic rings. The van der Waals surface area contributed by atoms with Gasteiger partial charge in [0.1, 0.15) is 0 Å². The van der Waals surface area contributed by atoms with Crippen LogP contribution in [0.5, 0.6) is 11.5 Å². The number of amides is 1. The Morgan fingerprint density at radius 3 is 2.78 bits per heavy atom. The van der Waals surface area contributed by atoms with Crippen molar-refractivity contribution >= 4 is 23.4 Å². The molecule has 6 nitrogen and oxygen atoms in total. The zero-order valence-electron chi connectivity index (χ0n) is 15.0. The van der Waals surface area contributed by atoms with E-state index in [4.69, 9.17) is 9.47 Å². The number of carbonyl (C=O) groups is 1. The number of rotatable bonds is 5. The maximum absolute atomic E-state index is 12.6. The molecule has 0 bridgehead atoms. The highest BCUT2D eigenvalue weighted by atomic mass is 32.2. The number of nitrogens with zero attached hydrogens (tertiary/aromatic N) is 2. The van der Waals surface area contributed by atoms with Gasteiger partial charge in [-0.3, -0.25) is 4.79 Å². The van der Waals surface area contributed by atoms with Crippen molar-refractivity contribution in [2.24, 2.45) is 7.05 Å². The number of thioether (sulfide) groups is 1. The lowest BCUT2D eigenvalue weighted by atomic mass is 10.2. The number of benzene rings is 2. The molecule has 138 valence electrons. The largest absolute Gasteiger partial charge is 0.454 e. The van der Waals surface area contributed by atoms with E-state index in [0.29, 0.717) is 17.2 Å². The van der Waals surface area contributed by atoms with Crippen molar-refractivity contribution in [1.82, 2.24) is 9.55 Å². The highest BCUT2D eigenvalue weighted by Gasteiger charge is 2.20. The van der Waals surface area contributed by atoms with E-state index in [1.54, 1.807) is 18.2 Å². The van der Waals surface area contributed by atoms with Gasteiger partial charge in [-0.05, 0) is 24.6 Å². The number of hydrogen-bond donors (Lipinski definition) is 1. The molecule has 0 saturated heterocycles. The number of carbonyl (C=O) groups excluding carboxylic acids is 1. The van der Waals surface area contributed by atoms with Crippen molar-refractivity contribution in [3.8, 4) is 22.8 Å². The molecule has 1 aromatic heterocycles. The highest BCUT2D eigenvalue weighted by Crippen LogP contribution is 2.34. The molecule has 0 radical (unpaired) electrons. The fraction of sp³-hybridized carbons (Fsp3) is 0.200. The van der Waals surface area contributed by atoms with E-state index in [1.807, 2.05) is 55.1 Å². The number of anilines is 1. The van der Waals surface area contributed by atoms with Crippen molar-refractivity contribution in [1.29, 1.82) is 0 Å². The minimum absolute atomic E-state index is 0.0943. The second-order valence-corrected chi connectivity index (χ2v) is 7.48. The van der Waals surface area contributed by atoms with Crippen LogP contribution in [0, 0.1) is 0 Å². The molecular formula is C20H19N3O3S. The molecule has 1 amide bonds. The van der Waals surface area contributed by atoms with Crippen LogP contribution in [0.3, 0.4) is 0 Å². The molecule has 0 aliphatic carbocycles. The number of ether oxygens (including phenoxy) is 2. The van der Waals surface area contributed by atoms with E-state index in [0.717, 1.165) is 16.4 Å². The van der Waals surface area contributed by atoms with Gasteiger partial charge in [-0.15, -0.1) is 0 Å². The van der Waals surface area contributed by atoms with Gasteiger partial charge in [0.25, 0.3) is 0 Å². The van der Waals surface area contributed by atoms with Gasteiger partial charge in [-0.25, -0.2) is 4.98 Å². The summed E-state index contributed by atoms with van der Waals surface area (Å²) in [5.41, 5.74) is 2.79. The molecule has 0 spiro atoms. The summed E-state index contributed by atoms with van der Waals surface area (Å²) in [6.07, 6.45) is 1.83. The summed E-state index contributed by atoms with van der Waals surface area (Å²) in [6.45, 7) is 2.08. The Kier molecular flexibility index (Phi) is 4.77. The Balaban J connectivity index is 1.44. The van der Waals surface area contributed by atoms with E-state index in [9.17, 15) is 4.79 Å². The van der Waals surface area contributed by atoms with Crippen molar-refractivity contribution in [3.63, 3.8) is 0 Å². The topological polar surface area (TPSA) is 65.4 Å². The zero-order chi connectivity index (χ0) is 18.8.